The highest BCUT2D eigenvalue weighted by Gasteiger charge is 2.09. The number of nitrogens with one attached hydrogen (secondary N) is 1. The van der Waals surface area contributed by atoms with Crippen LogP contribution in [-0.4, -0.2) is 85.9 Å². The van der Waals surface area contributed by atoms with Crippen LogP contribution in [-0.2, 0) is 0 Å². The Balaban J connectivity index is 1.94. The SMILES string of the molecule is CN(C)CC(O)CNCCN1CCSCC1. The van der Waals surface area contributed by atoms with Crippen molar-refractivity contribution in [1.29, 1.82) is 0 Å². The molecule has 0 bridgehead atoms. The number of rotatable bonds is 7. The number of thioether (sulfide) groups is 1. The summed E-state index contributed by atoms with van der Waals surface area (Å²) in [5, 5.41) is 12.9. The Bertz CT molecular complexity index is 175. The van der Waals surface area contributed by atoms with Crippen molar-refractivity contribution >= 4 is 11.8 Å². The molecule has 16 heavy (non-hydrogen) atoms. The van der Waals surface area contributed by atoms with E-state index >= 15 is 0 Å². The fourth-order valence-corrected chi connectivity index (χ4v) is 2.80. The van der Waals surface area contributed by atoms with Crippen LogP contribution in [0.2, 0.25) is 0 Å². The van der Waals surface area contributed by atoms with E-state index in [-0.39, 0.29) is 6.10 Å². The van der Waals surface area contributed by atoms with Crippen LogP contribution in [0.25, 0.3) is 0 Å². The van der Waals surface area contributed by atoms with Gasteiger partial charge in [-0.3, -0.25) is 0 Å². The van der Waals surface area contributed by atoms with Crippen LogP contribution in [0, 0.1) is 0 Å². The monoisotopic (exact) mass is 247 g/mol. The van der Waals surface area contributed by atoms with Gasteiger partial charge in [0, 0.05) is 50.8 Å². The van der Waals surface area contributed by atoms with Gasteiger partial charge in [-0.2, -0.15) is 11.8 Å². The fourth-order valence-electron chi connectivity index (χ4n) is 1.82. The normalized spacial score (nSPS) is 20.2. The van der Waals surface area contributed by atoms with Gasteiger partial charge in [-0.1, -0.05) is 0 Å². The van der Waals surface area contributed by atoms with E-state index in [2.05, 4.69) is 10.2 Å². The van der Waals surface area contributed by atoms with E-state index in [4.69, 9.17) is 0 Å². The van der Waals surface area contributed by atoms with E-state index in [1.807, 2.05) is 30.8 Å². The Morgan fingerprint density at radius 1 is 1.38 bits per heavy atom. The van der Waals surface area contributed by atoms with Crippen molar-refractivity contribution in [3.05, 3.63) is 0 Å². The highest BCUT2D eigenvalue weighted by molar-refractivity contribution is 7.99. The molecule has 0 aromatic heterocycles. The highest BCUT2D eigenvalue weighted by Crippen LogP contribution is 2.07. The van der Waals surface area contributed by atoms with E-state index in [9.17, 15) is 5.11 Å². The minimum atomic E-state index is -0.257. The quantitative estimate of drug-likeness (QED) is 0.596. The number of aliphatic hydroxyl groups excluding tert-OH is 1. The van der Waals surface area contributed by atoms with Crippen molar-refractivity contribution in [2.24, 2.45) is 0 Å². The minimum Gasteiger partial charge on any atom is -0.390 e. The summed E-state index contributed by atoms with van der Waals surface area (Å²) in [6.45, 7) is 5.94. The summed E-state index contributed by atoms with van der Waals surface area (Å²) in [5.74, 6) is 2.53. The summed E-state index contributed by atoms with van der Waals surface area (Å²) in [4.78, 5) is 4.50. The van der Waals surface area contributed by atoms with Crippen LogP contribution in [0.3, 0.4) is 0 Å². The van der Waals surface area contributed by atoms with Crippen LogP contribution in [0.4, 0.5) is 0 Å². The predicted octanol–water partition coefficient (Wildman–Crippen LogP) is -0.453. The van der Waals surface area contributed by atoms with Crippen molar-refractivity contribution in [3.63, 3.8) is 0 Å². The molecule has 5 heteroatoms. The molecular weight excluding hydrogens is 222 g/mol. The van der Waals surface area contributed by atoms with Gasteiger partial charge in [0.05, 0.1) is 6.10 Å². The van der Waals surface area contributed by atoms with Crippen molar-refractivity contribution in [2.75, 3.05) is 64.9 Å². The first-order valence-electron chi connectivity index (χ1n) is 6.02. The second-order valence-corrected chi connectivity index (χ2v) is 5.80. The third-order valence-corrected chi connectivity index (χ3v) is 3.61. The fraction of sp³-hybridized carbons (Fsp3) is 1.00. The third-order valence-electron chi connectivity index (χ3n) is 2.66. The number of aliphatic hydroxyl groups is 1. The van der Waals surface area contributed by atoms with Crippen molar-refractivity contribution < 1.29 is 5.11 Å². The Morgan fingerprint density at radius 2 is 2.06 bits per heavy atom. The second-order valence-electron chi connectivity index (χ2n) is 4.57. The molecule has 0 radical (unpaired) electrons. The Hall–Kier alpha value is 0.190. The van der Waals surface area contributed by atoms with Crippen molar-refractivity contribution in [2.45, 2.75) is 6.10 Å². The summed E-state index contributed by atoms with van der Waals surface area (Å²) >= 11 is 2.04. The maximum absolute atomic E-state index is 9.64. The van der Waals surface area contributed by atoms with E-state index in [1.54, 1.807) is 0 Å². The lowest BCUT2D eigenvalue weighted by atomic mass is 10.3. The summed E-state index contributed by atoms with van der Waals surface area (Å²) in [7, 11) is 3.96. The molecule has 1 atom stereocenters. The predicted molar refractivity (Wildman–Crippen MR) is 71.2 cm³/mol. The number of hydrogen-bond donors (Lipinski definition) is 2. The molecular formula is C11H25N3OS. The first-order valence-corrected chi connectivity index (χ1v) is 7.17. The van der Waals surface area contributed by atoms with E-state index in [0.717, 1.165) is 19.6 Å². The molecule has 0 saturated carbocycles. The van der Waals surface area contributed by atoms with E-state index in [1.165, 1.54) is 24.6 Å². The van der Waals surface area contributed by atoms with Gasteiger partial charge in [0.1, 0.15) is 0 Å². The maximum atomic E-state index is 9.64. The van der Waals surface area contributed by atoms with Gasteiger partial charge in [-0.05, 0) is 14.1 Å². The molecule has 1 fully saturated rings. The van der Waals surface area contributed by atoms with Crippen LogP contribution >= 0.6 is 11.8 Å². The lowest BCUT2D eigenvalue weighted by Crippen LogP contribution is -2.41. The molecule has 0 amide bonds. The molecule has 1 rings (SSSR count). The van der Waals surface area contributed by atoms with Crippen molar-refractivity contribution in [3.8, 4) is 0 Å². The second kappa shape index (κ2) is 8.31. The molecule has 0 aromatic rings. The average Bonchev–Trinajstić information content (AvgIpc) is 2.25. The van der Waals surface area contributed by atoms with Gasteiger partial charge in [-0.25, -0.2) is 0 Å². The molecule has 1 unspecified atom stereocenters. The van der Waals surface area contributed by atoms with Gasteiger partial charge in [-0.15, -0.1) is 0 Å². The number of likely N-dealkylation sites (N-methyl/N-ethyl adjacent to an activating group) is 1. The molecule has 0 aliphatic carbocycles. The zero-order valence-corrected chi connectivity index (χ0v) is 11.3. The van der Waals surface area contributed by atoms with E-state index in [0.29, 0.717) is 6.54 Å². The molecule has 0 aromatic carbocycles. The van der Waals surface area contributed by atoms with Gasteiger partial charge in [0.15, 0.2) is 0 Å². The van der Waals surface area contributed by atoms with Gasteiger partial charge in [0.25, 0.3) is 0 Å². The lowest BCUT2D eigenvalue weighted by Gasteiger charge is -2.26. The molecule has 2 N–H and O–H groups in total. The molecule has 96 valence electrons. The van der Waals surface area contributed by atoms with Gasteiger partial charge >= 0.3 is 0 Å². The summed E-state index contributed by atoms with van der Waals surface area (Å²) < 4.78 is 0. The van der Waals surface area contributed by atoms with Crippen LogP contribution in [0.15, 0.2) is 0 Å². The number of hydrogen-bond acceptors (Lipinski definition) is 5. The first-order chi connectivity index (χ1) is 7.68. The van der Waals surface area contributed by atoms with Gasteiger partial charge in [0.2, 0.25) is 0 Å². The summed E-state index contributed by atoms with van der Waals surface area (Å²) in [6.07, 6.45) is -0.257. The first kappa shape index (κ1) is 14.3. The van der Waals surface area contributed by atoms with Crippen LogP contribution in [0.1, 0.15) is 0 Å². The van der Waals surface area contributed by atoms with E-state index < -0.39 is 0 Å². The largest absolute Gasteiger partial charge is 0.390 e. The summed E-state index contributed by atoms with van der Waals surface area (Å²) in [5.41, 5.74) is 0. The molecule has 1 aliphatic rings. The molecule has 0 spiro atoms. The highest BCUT2D eigenvalue weighted by atomic mass is 32.2. The minimum absolute atomic E-state index is 0.257. The molecule has 1 aliphatic heterocycles. The molecule has 4 nitrogen and oxygen atoms in total. The van der Waals surface area contributed by atoms with Crippen LogP contribution < -0.4 is 5.32 Å². The zero-order chi connectivity index (χ0) is 11.8. The summed E-state index contributed by atoms with van der Waals surface area (Å²) in [6, 6.07) is 0. The molecule has 1 saturated heterocycles. The smallest absolute Gasteiger partial charge is 0.0791 e. The molecule has 1 heterocycles. The third kappa shape index (κ3) is 6.70. The standard InChI is InChI=1S/C11H25N3OS/c1-13(2)10-11(15)9-12-3-4-14-5-7-16-8-6-14/h11-12,15H,3-10H2,1-2H3. The Morgan fingerprint density at radius 3 is 2.69 bits per heavy atom. The maximum Gasteiger partial charge on any atom is 0.0791 e. The topological polar surface area (TPSA) is 38.7 Å². The van der Waals surface area contributed by atoms with Crippen molar-refractivity contribution in [1.82, 2.24) is 15.1 Å². The van der Waals surface area contributed by atoms with Crippen LogP contribution in [0.5, 0.6) is 0 Å². The Labute approximate surface area is 103 Å². The number of nitrogens with zero attached hydrogens (tertiary/aromatic N) is 2. The average molecular weight is 247 g/mol. The Kier molecular flexibility index (Phi) is 7.40. The zero-order valence-electron chi connectivity index (χ0n) is 10.5. The lowest BCUT2D eigenvalue weighted by molar-refractivity contribution is 0.134. The van der Waals surface area contributed by atoms with Gasteiger partial charge < -0.3 is 20.2 Å².